The molecule has 0 spiro atoms. The molecule has 1 aromatic heterocycles. The maximum absolute atomic E-state index is 11.4. The van der Waals surface area contributed by atoms with E-state index in [1.165, 1.54) is 0 Å². The summed E-state index contributed by atoms with van der Waals surface area (Å²) in [6.07, 6.45) is 0. The van der Waals surface area contributed by atoms with Crippen molar-refractivity contribution < 1.29 is 0 Å². The van der Waals surface area contributed by atoms with Crippen molar-refractivity contribution >= 4 is 5.69 Å². The van der Waals surface area contributed by atoms with Crippen molar-refractivity contribution in [1.82, 2.24) is 14.8 Å². The van der Waals surface area contributed by atoms with Crippen molar-refractivity contribution in [3.63, 3.8) is 0 Å². The second-order valence-corrected chi connectivity index (χ2v) is 3.69. The number of H-pyrrole nitrogens is 2. The van der Waals surface area contributed by atoms with Crippen LogP contribution in [0.3, 0.4) is 0 Å². The Morgan fingerprint density at radius 3 is 2.19 bits per heavy atom. The highest BCUT2D eigenvalue weighted by Gasteiger charge is 2.10. The summed E-state index contributed by atoms with van der Waals surface area (Å²) in [5.74, 6) is 0. The molecule has 6 heteroatoms. The van der Waals surface area contributed by atoms with E-state index in [-0.39, 0.29) is 0 Å². The van der Waals surface area contributed by atoms with Gasteiger partial charge in [0.15, 0.2) is 0 Å². The summed E-state index contributed by atoms with van der Waals surface area (Å²) >= 11 is 0. The van der Waals surface area contributed by atoms with Gasteiger partial charge in [-0.25, -0.2) is 24.4 Å². The van der Waals surface area contributed by atoms with E-state index >= 15 is 0 Å². The maximum atomic E-state index is 11.4. The molecule has 4 N–H and O–H groups in total. The van der Waals surface area contributed by atoms with Gasteiger partial charge in [-0.2, -0.15) is 0 Å². The molecule has 0 atom stereocenters. The number of nitrogens with zero attached hydrogens (tertiary/aromatic N) is 1. The Balaban J connectivity index is 2.80. The molecule has 0 aliphatic carbocycles. The number of hydrogen-bond acceptors (Lipinski definition) is 3. The van der Waals surface area contributed by atoms with E-state index in [4.69, 9.17) is 5.73 Å². The Kier molecular flexibility index (Phi) is 2.19. The molecule has 6 nitrogen and oxygen atoms in total. The lowest BCUT2D eigenvalue weighted by Gasteiger charge is -2.08. The molecule has 0 aliphatic rings. The number of nitrogens with one attached hydrogen (secondary N) is 2. The fourth-order valence-electron chi connectivity index (χ4n) is 1.59. The van der Waals surface area contributed by atoms with Gasteiger partial charge in [-0.1, -0.05) is 0 Å². The molecule has 0 unspecified atom stereocenters. The Labute approximate surface area is 90.7 Å². The summed E-state index contributed by atoms with van der Waals surface area (Å²) in [7, 11) is 0. The number of aromatic amines is 2. The highest BCUT2D eigenvalue weighted by Crippen LogP contribution is 2.18. The molecule has 1 heterocycles. The summed E-state index contributed by atoms with van der Waals surface area (Å²) in [6, 6.07) is 3.46. The average Bonchev–Trinajstić information content (AvgIpc) is 2.53. The van der Waals surface area contributed by atoms with Crippen LogP contribution in [-0.4, -0.2) is 14.8 Å². The minimum Gasteiger partial charge on any atom is -0.399 e. The van der Waals surface area contributed by atoms with Crippen molar-refractivity contribution in [3.05, 3.63) is 44.2 Å². The first-order valence-electron chi connectivity index (χ1n) is 4.77. The first-order valence-corrected chi connectivity index (χ1v) is 4.77. The molecule has 0 saturated heterocycles. The van der Waals surface area contributed by atoms with E-state index in [9.17, 15) is 9.59 Å². The molecular weight excluding hydrogens is 208 g/mol. The van der Waals surface area contributed by atoms with Crippen LogP contribution in [0.5, 0.6) is 0 Å². The Morgan fingerprint density at radius 1 is 1.06 bits per heavy atom. The standard InChI is InChI=1S/C10H12N4O2/c1-5-4-8(6(2)3-7(5)11)14-9(15)12-13-10(14)16/h3-4H,11H2,1-2H3,(H,12,15)(H,13,16). The van der Waals surface area contributed by atoms with E-state index < -0.39 is 11.4 Å². The molecule has 84 valence electrons. The van der Waals surface area contributed by atoms with Crippen molar-refractivity contribution in [1.29, 1.82) is 0 Å². The van der Waals surface area contributed by atoms with Crippen LogP contribution in [0.25, 0.3) is 5.69 Å². The Bertz CT molecular complexity index is 620. The molecule has 1 aromatic carbocycles. The van der Waals surface area contributed by atoms with Crippen LogP contribution in [0.1, 0.15) is 11.1 Å². The van der Waals surface area contributed by atoms with Gasteiger partial charge in [-0.05, 0) is 37.1 Å². The van der Waals surface area contributed by atoms with Gasteiger partial charge in [0.1, 0.15) is 0 Å². The summed E-state index contributed by atoms with van der Waals surface area (Å²) < 4.78 is 1.04. The average molecular weight is 220 g/mol. The fourth-order valence-corrected chi connectivity index (χ4v) is 1.59. The van der Waals surface area contributed by atoms with Crippen molar-refractivity contribution in [2.24, 2.45) is 0 Å². The number of aryl methyl sites for hydroxylation is 2. The molecule has 2 aromatic rings. The summed E-state index contributed by atoms with van der Waals surface area (Å²) in [4.78, 5) is 22.9. The number of nitrogen functional groups attached to an aromatic ring is 1. The zero-order chi connectivity index (χ0) is 11.9. The quantitative estimate of drug-likeness (QED) is 0.592. The van der Waals surface area contributed by atoms with Crippen LogP contribution in [0.2, 0.25) is 0 Å². The predicted octanol–water partition coefficient (Wildman–Crippen LogP) is 0.0529. The molecule has 16 heavy (non-hydrogen) atoms. The molecular formula is C10H12N4O2. The van der Waals surface area contributed by atoms with Gasteiger partial charge in [0.2, 0.25) is 0 Å². The normalized spacial score (nSPS) is 10.6. The predicted molar refractivity (Wildman–Crippen MR) is 60.9 cm³/mol. The van der Waals surface area contributed by atoms with Crippen LogP contribution in [-0.2, 0) is 0 Å². The fraction of sp³-hybridized carbons (Fsp3) is 0.200. The molecule has 0 fully saturated rings. The minimum atomic E-state index is -0.489. The smallest absolute Gasteiger partial charge is 0.348 e. The van der Waals surface area contributed by atoms with Crippen LogP contribution in [0, 0.1) is 13.8 Å². The summed E-state index contributed by atoms with van der Waals surface area (Å²) in [6.45, 7) is 3.62. The highest BCUT2D eigenvalue weighted by atomic mass is 16.2. The monoisotopic (exact) mass is 220 g/mol. The number of anilines is 1. The third-order valence-corrected chi connectivity index (χ3v) is 2.51. The van der Waals surface area contributed by atoms with Gasteiger partial charge < -0.3 is 5.73 Å². The van der Waals surface area contributed by atoms with Crippen LogP contribution in [0.4, 0.5) is 5.69 Å². The number of benzene rings is 1. The molecule has 0 radical (unpaired) electrons. The number of hydrogen-bond donors (Lipinski definition) is 3. The van der Waals surface area contributed by atoms with E-state index in [0.29, 0.717) is 11.4 Å². The SMILES string of the molecule is Cc1cc(-n2c(=O)[nH][nH]c2=O)c(C)cc1N. The van der Waals surface area contributed by atoms with E-state index in [2.05, 4.69) is 10.2 Å². The zero-order valence-corrected chi connectivity index (χ0v) is 9.00. The maximum Gasteiger partial charge on any atom is 0.348 e. The van der Waals surface area contributed by atoms with Crippen molar-refractivity contribution in [2.45, 2.75) is 13.8 Å². The molecule has 0 bridgehead atoms. The van der Waals surface area contributed by atoms with Crippen LogP contribution < -0.4 is 17.1 Å². The second kappa shape index (κ2) is 3.41. The van der Waals surface area contributed by atoms with E-state index in [0.717, 1.165) is 15.7 Å². The first-order chi connectivity index (χ1) is 7.50. The number of aromatic nitrogens is 3. The molecule has 2 rings (SSSR count). The Hall–Kier alpha value is -2.24. The molecule has 0 aliphatic heterocycles. The van der Waals surface area contributed by atoms with Gasteiger partial charge in [-0.15, -0.1) is 0 Å². The molecule has 0 amide bonds. The second-order valence-electron chi connectivity index (χ2n) is 3.69. The highest BCUT2D eigenvalue weighted by molar-refractivity contribution is 5.56. The van der Waals surface area contributed by atoms with Crippen molar-refractivity contribution in [2.75, 3.05) is 5.73 Å². The summed E-state index contributed by atoms with van der Waals surface area (Å²) in [5, 5.41) is 4.47. The lowest BCUT2D eigenvalue weighted by atomic mass is 10.1. The number of nitrogens with two attached hydrogens (primary N) is 1. The first kappa shape index (κ1) is 10.3. The van der Waals surface area contributed by atoms with Crippen LogP contribution in [0.15, 0.2) is 21.7 Å². The van der Waals surface area contributed by atoms with Gasteiger partial charge in [0.25, 0.3) is 0 Å². The lowest BCUT2D eigenvalue weighted by molar-refractivity contribution is 0.939. The van der Waals surface area contributed by atoms with Gasteiger partial charge >= 0.3 is 11.4 Å². The third-order valence-electron chi connectivity index (χ3n) is 2.51. The molecule has 0 saturated carbocycles. The van der Waals surface area contributed by atoms with Crippen molar-refractivity contribution in [3.8, 4) is 5.69 Å². The summed E-state index contributed by atoms with van der Waals surface area (Å²) in [5.41, 5.74) is 7.54. The third kappa shape index (κ3) is 1.44. The van der Waals surface area contributed by atoms with Gasteiger partial charge in [-0.3, -0.25) is 0 Å². The lowest BCUT2D eigenvalue weighted by Crippen LogP contribution is -2.25. The largest absolute Gasteiger partial charge is 0.399 e. The van der Waals surface area contributed by atoms with Gasteiger partial charge in [0.05, 0.1) is 5.69 Å². The topological polar surface area (TPSA) is 96.7 Å². The Morgan fingerprint density at radius 2 is 1.62 bits per heavy atom. The van der Waals surface area contributed by atoms with Crippen LogP contribution >= 0.6 is 0 Å². The van der Waals surface area contributed by atoms with Gasteiger partial charge in [0, 0.05) is 5.69 Å². The zero-order valence-electron chi connectivity index (χ0n) is 9.00. The van der Waals surface area contributed by atoms with E-state index in [1.807, 2.05) is 6.92 Å². The minimum absolute atomic E-state index is 0.489. The number of rotatable bonds is 1. The van der Waals surface area contributed by atoms with E-state index in [1.54, 1.807) is 19.1 Å².